The third-order valence-electron chi connectivity index (χ3n) is 7.98. The molecule has 0 N–H and O–H groups in total. The Kier molecular flexibility index (Phi) is 1.24. The van der Waals surface area contributed by atoms with Crippen molar-refractivity contribution < 1.29 is 4.39 Å². The molecule has 4 aliphatic carbocycles. The maximum absolute atomic E-state index is 15.3. The van der Waals surface area contributed by atoms with Gasteiger partial charge in [-0.3, -0.25) is 0 Å². The number of alkyl halides is 2. The molecule has 0 radical (unpaired) electrons. The third-order valence-corrected chi connectivity index (χ3v) is 8.40. The van der Waals surface area contributed by atoms with Gasteiger partial charge in [-0.15, -0.1) is 0 Å². The highest BCUT2D eigenvalue weighted by molar-refractivity contribution is 6.23. The summed E-state index contributed by atoms with van der Waals surface area (Å²) >= 11 is 6.45. The lowest BCUT2D eigenvalue weighted by molar-refractivity contribution is -0.262. The average Bonchev–Trinajstić information content (AvgIpc) is 3.08. The van der Waals surface area contributed by atoms with Crippen molar-refractivity contribution in [2.24, 2.45) is 41.4 Å². The highest BCUT2D eigenvalue weighted by Gasteiger charge is 2.87. The SMILES string of the molecule is FC1(Cl)C2C3CC4C5C3C3C6CC=CC6C5N(C42)N31. The van der Waals surface area contributed by atoms with E-state index in [1.807, 2.05) is 5.01 Å². The first-order valence-corrected chi connectivity index (χ1v) is 8.21. The largest absolute Gasteiger partial charge is 0.256 e. The van der Waals surface area contributed by atoms with E-state index >= 15 is 4.39 Å². The van der Waals surface area contributed by atoms with Crippen molar-refractivity contribution in [1.82, 2.24) is 10.0 Å². The van der Waals surface area contributed by atoms with E-state index in [9.17, 15) is 0 Å². The number of halogens is 2. The van der Waals surface area contributed by atoms with Crippen molar-refractivity contribution in [2.45, 2.75) is 36.2 Å². The van der Waals surface area contributed by atoms with Gasteiger partial charge in [-0.2, -0.15) is 5.01 Å². The number of nitrogens with zero attached hydrogens (tertiary/aromatic N) is 2. The Bertz CT molecular complexity index is 562. The second-order valence-corrected chi connectivity index (χ2v) is 8.46. The minimum Gasteiger partial charge on any atom is -0.230 e. The fraction of sp³-hybridized carbons (Fsp3) is 0.867. The molecular formula is C15H16ClFN2. The summed E-state index contributed by atoms with van der Waals surface area (Å²) in [4.78, 5) is 0. The van der Waals surface area contributed by atoms with E-state index in [-0.39, 0.29) is 5.92 Å². The summed E-state index contributed by atoms with van der Waals surface area (Å²) < 4.78 is 15.3. The summed E-state index contributed by atoms with van der Waals surface area (Å²) in [6.45, 7) is 0. The van der Waals surface area contributed by atoms with Crippen LogP contribution in [0.2, 0.25) is 0 Å². The molecule has 4 heterocycles. The van der Waals surface area contributed by atoms with Gasteiger partial charge in [0, 0.05) is 24.0 Å². The minimum atomic E-state index is -1.57. The van der Waals surface area contributed by atoms with Gasteiger partial charge in [0.2, 0.25) is 0 Å². The summed E-state index contributed by atoms with van der Waals surface area (Å²) in [5.74, 6) is 4.41. The van der Waals surface area contributed by atoms with Gasteiger partial charge in [0.05, 0.1) is 0 Å². The fourth-order valence-corrected chi connectivity index (χ4v) is 8.56. The minimum absolute atomic E-state index is 0.101. The Morgan fingerprint density at radius 2 is 1.95 bits per heavy atom. The van der Waals surface area contributed by atoms with Crippen LogP contribution in [-0.2, 0) is 0 Å². The molecule has 8 aliphatic rings. The van der Waals surface area contributed by atoms with E-state index in [0.717, 1.165) is 24.2 Å². The predicted molar refractivity (Wildman–Crippen MR) is 67.5 cm³/mol. The molecule has 7 fully saturated rings. The molecular weight excluding hydrogens is 263 g/mol. The van der Waals surface area contributed by atoms with Crippen molar-refractivity contribution in [3.63, 3.8) is 0 Å². The predicted octanol–water partition coefficient (Wildman–Crippen LogP) is 2.22. The van der Waals surface area contributed by atoms with E-state index < -0.39 is 5.25 Å². The standard InChI is InChI=1S/C15H16ClFN2/c16-15(17)11-7-4-8-10-9(7)13-6-3-1-2-5(6)12(10)18(14(8)11)19(13)15/h1-2,5-14H,3-4H2. The van der Waals surface area contributed by atoms with E-state index in [1.54, 1.807) is 0 Å². The number of allylic oxidation sites excluding steroid dienone is 1. The first-order chi connectivity index (χ1) is 9.21. The second-order valence-electron chi connectivity index (χ2n) is 7.93. The quantitative estimate of drug-likeness (QED) is 0.381. The normalized spacial score (nSPS) is 77.2. The molecule has 11 atom stereocenters. The van der Waals surface area contributed by atoms with Gasteiger partial charge in [0.1, 0.15) is 0 Å². The summed E-state index contributed by atoms with van der Waals surface area (Å²) in [6.07, 6.45) is 7.20. The van der Waals surface area contributed by atoms with Crippen LogP contribution in [0.4, 0.5) is 4.39 Å². The van der Waals surface area contributed by atoms with Crippen LogP contribution in [0.5, 0.6) is 0 Å². The number of piperidine rings is 1. The zero-order chi connectivity index (χ0) is 12.3. The van der Waals surface area contributed by atoms with E-state index in [1.165, 1.54) is 6.42 Å². The van der Waals surface area contributed by atoms with E-state index in [0.29, 0.717) is 35.9 Å². The second kappa shape index (κ2) is 2.42. The van der Waals surface area contributed by atoms with Crippen LogP contribution >= 0.6 is 11.6 Å². The van der Waals surface area contributed by atoms with Gasteiger partial charge in [0.15, 0.2) is 0 Å². The zero-order valence-electron chi connectivity index (χ0n) is 10.5. The van der Waals surface area contributed by atoms with Gasteiger partial charge in [0.25, 0.3) is 5.25 Å². The molecule has 0 aromatic carbocycles. The highest BCUT2D eigenvalue weighted by atomic mass is 35.5. The number of hydrogen-bond acceptors (Lipinski definition) is 2. The van der Waals surface area contributed by atoms with Gasteiger partial charge in [-0.25, -0.2) is 9.40 Å². The van der Waals surface area contributed by atoms with Crippen molar-refractivity contribution in [2.75, 3.05) is 0 Å². The molecule has 8 rings (SSSR count). The summed E-state index contributed by atoms with van der Waals surface area (Å²) in [5.41, 5.74) is 0. The van der Waals surface area contributed by atoms with Gasteiger partial charge < -0.3 is 0 Å². The Morgan fingerprint density at radius 3 is 2.84 bits per heavy atom. The molecule has 4 aliphatic heterocycles. The summed E-state index contributed by atoms with van der Waals surface area (Å²) in [6, 6.07) is 1.43. The molecule has 4 heteroatoms. The summed E-state index contributed by atoms with van der Waals surface area (Å²) in [7, 11) is 0. The first kappa shape index (κ1) is 9.75. The van der Waals surface area contributed by atoms with Gasteiger partial charge in [-0.1, -0.05) is 23.8 Å². The van der Waals surface area contributed by atoms with Crippen molar-refractivity contribution in [3.8, 4) is 0 Å². The van der Waals surface area contributed by atoms with Crippen LogP contribution in [0.1, 0.15) is 12.8 Å². The monoisotopic (exact) mass is 278 g/mol. The maximum atomic E-state index is 15.3. The molecule has 11 unspecified atom stereocenters. The van der Waals surface area contributed by atoms with Crippen LogP contribution in [0.25, 0.3) is 0 Å². The number of hydrogen-bond donors (Lipinski definition) is 0. The number of rotatable bonds is 0. The first-order valence-electron chi connectivity index (χ1n) is 7.83. The van der Waals surface area contributed by atoms with Crippen LogP contribution in [0.3, 0.4) is 0 Å². The van der Waals surface area contributed by atoms with Crippen molar-refractivity contribution in [1.29, 1.82) is 0 Å². The molecule has 0 aromatic heterocycles. The Morgan fingerprint density at radius 1 is 1.11 bits per heavy atom. The lowest BCUT2D eigenvalue weighted by atomic mass is 9.56. The molecule has 2 nitrogen and oxygen atoms in total. The molecule has 0 aromatic rings. The molecule has 0 amide bonds. The number of hydrazine groups is 1. The van der Waals surface area contributed by atoms with Crippen LogP contribution < -0.4 is 0 Å². The lowest BCUT2D eigenvalue weighted by Crippen LogP contribution is -2.74. The maximum Gasteiger partial charge on any atom is 0.256 e. The third kappa shape index (κ3) is 0.673. The van der Waals surface area contributed by atoms with Crippen molar-refractivity contribution >= 4 is 11.6 Å². The Hall–Kier alpha value is -0.120. The lowest BCUT2D eigenvalue weighted by Gasteiger charge is -2.63. The van der Waals surface area contributed by atoms with Crippen LogP contribution in [-0.4, -0.2) is 33.4 Å². The fourth-order valence-electron chi connectivity index (χ4n) is 8.07. The molecule has 100 valence electrons. The van der Waals surface area contributed by atoms with E-state index in [2.05, 4.69) is 17.2 Å². The molecule has 3 saturated carbocycles. The van der Waals surface area contributed by atoms with Crippen LogP contribution in [0.15, 0.2) is 12.2 Å². The molecule has 19 heavy (non-hydrogen) atoms. The Labute approximate surface area is 116 Å². The smallest absolute Gasteiger partial charge is 0.230 e. The highest BCUT2D eigenvalue weighted by Crippen LogP contribution is 2.80. The van der Waals surface area contributed by atoms with Gasteiger partial charge in [-0.05, 0) is 48.3 Å². The zero-order valence-corrected chi connectivity index (χ0v) is 11.2. The molecule has 0 spiro atoms. The molecule has 6 bridgehead atoms. The van der Waals surface area contributed by atoms with Crippen LogP contribution in [0, 0.1) is 41.4 Å². The van der Waals surface area contributed by atoms with Gasteiger partial charge >= 0.3 is 0 Å². The summed E-state index contributed by atoms with van der Waals surface area (Å²) in [5, 5.41) is 2.93. The average molecular weight is 279 g/mol. The number of fused-ring (bicyclic) bond motifs is 2. The van der Waals surface area contributed by atoms with Crippen molar-refractivity contribution in [3.05, 3.63) is 12.2 Å². The topological polar surface area (TPSA) is 6.48 Å². The van der Waals surface area contributed by atoms with E-state index in [4.69, 9.17) is 11.6 Å². The molecule has 4 saturated heterocycles. The Balaban J connectivity index is 1.57.